The molecule has 2 rings (SSSR count). The molecule has 0 aromatic heterocycles. The van der Waals surface area contributed by atoms with Gasteiger partial charge < -0.3 is 4.74 Å². The third kappa shape index (κ3) is 4.28. The van der Waals surface area contributed by atoms with E-state index in [2.05, 4.69) is 54.3 Å². The number of rotatable bonds is 5. The van der Waals surface area contributed by atoms with Crippen molar-refractivity contribution < 1.29 is 4.74 Å². The number of nitrogens with zero attached hydrogens (tertiary/aromatic N) is 1. The first-order chi connectivity index (χ1) is 8.88. The Kier molecular flexibility index (Phi) is 5.43. The van der Waals surface area contributed by atoms with Crippen LogP contribution in [0.25, 0.3) is 6.08 Å². The zero-order valence-corrected chi connectivity index (χ0v) is 11.2. The van der Waals surface area contributed by atoms with Crippen LogP contribution in [0.2, 0.25) is 0 Å². The van der Waals surface area contributed by atoms with Crippen molar-refractivity contribution in [1.82, 2.24) is 4.90 Å². The molecule has 0 unspecified atom stereocenters. The van der Waals surface area contributed by atoms with Crippen LogP contribution in [0.4, 0.5) is 0 Å². The standard InChI is InChI=1S/C16H23NO/c1-2-18-16-10-13-17(14-11-16)12-6-9-15-7-4-3-5-8-15/h3-9,16H,2,10-14H2,1H3. The highest BCUT2D eigenvalue weighted by Crippen LogP contribution is 2.13. The highest BCUT2D eigenvalue weighted by atomic mass is 16.5. The van der Waals surface area contributed by atoms with Crippen molar-refractivity contribution in [1.29, 1.82) is 0 Å². The molecule has 1 aliphatic rings. The van der Waals surface area contributed by atoms with Crippen molar-refractivity contribution in [3.05, 3.63) is 42.0 Å². The molecule has 1 fully saturated rings. The Labute approximate surface area is 110 Å². The van der Waals surface area contributed by atoms with E-state index >= 15 is 0 Å². The molecule has 98 valence electrons. The Bertz CT molecular complexity index is 353. The average molecular weight is 245 g/mol. The second-order valence-corrected chi connectivity index (χ2v) is 4.77. The fraction of sp³-hybridized carbons (Fsp3) is 0.500. The Hall–Kier alpha value is -1.12. The Morgan fingerprint density at radius 1 is 1.22 bits per heavy atom. The molecule has 0 N–H and O–H groups in total. The summed E-state index contributed by atoms with van der Waals surface area (Å²) in [5.41, 5.74) is 1.28. The number of ether oxygens (including phenoxy) is 1. The summed E-state index contributed by atoms with van der Waals surface area (Å²) in [5, 5.41) is 0. The fourth-order valence-corrected chi connectivity index (χ4v) is 2.40. The number of piperidine rings is 1. The van der Waals surface area contributed by atoms with Crippen LogP contribution < -0.4 is 0 Å². The van der Waals surface area contributed by atoms with Gasteiger partial charge >= 0.3 is 0 Å². The molecule has 0 amide bonds. The minimum atomic E-state index is 0.490. The van der Waals surface area contributed by atoms with Crippen LogP contribution in [-0.4, -0.2) is 37.2 Å². The van der Waals surface area contributed by atoms with Crippen LogP contribution in [-0.2, 0) is 4.74 Å². The topological polar surface area (TPSA) is 12.5 Å². The smallest absolute Gasteiger partial charge is 0.0599 e. The van der Waals surface area contributed by atoms with E-state index in [1.54, 1.807) is 0 Å². The maximum Gasteiger partial charge on any atom is 0.0599 e. The molecule has 0 atom stereocenters. The van der Waals surface area contributed by atoms with Gasteiger partial charge in [-0.15, -0.1) is 0 Å². The van der Waals surface area contributed by atoms with Gasteiger partial charge in [0.25, 0.3) is 0 Å². The van der Waals surface area contributed by atoms with Crippen molar-refractivity contribution in [2.24, 2.45) is 0 Å². The SMILES string of the molecule is CCOC1CCN(CC=Cc2ccccc2)CC1. The summed E-state index contributed by atoms with van der Waals surface area (Å²) in [4.78, 5) is 2.50. The Morgan fingerprint density at radius 3 is 2.61 bits per heavy atom. The first-order valence-corrected chi connectivity index (χ1v) is 6.94. The minimum absolute atomic E-state index is 0.490. The molecule has 2 heteroatoms. The predicted molar refractivity (Wildman–Crippen MR) is 76.6 cm³/mol. The number of benzene rings is 1. The Balaban J connectivity index is 1.71. The molecular weight excluding hydrogens is 222 g/mol. The van der Waals surface area contributed by atoms with Crippen LogP contribution in [0.1, 0.15) is 25.3 Å². The number of hydrogen-bond acceptors (Lipinski definition) is 2. The van der Waals surface area contributed by atoms with E-state index in [-0.39, 0.29) is 0 Å². The van der Waals surface area contributed by atoms with Gasteiger partial charge in [0.05, 0.1) is 6.10 Å². The van der Waals surface area contributed by atoms with Gasteiger partial charge in [0.15, 0.2) is 0 Å². The molecule has 0 bridgehead atoms. The van der Waals surface area contributed by atoms with Gasteiger partial charge in [-0.2, -0.15) is 0 Å². The van der Waals surface area contributed by atoms with Crippen LogP contribution in [0, 0.1) is 0 Å². The lowest BCUT2D eigenvalue weighted by Gasteiger charge is -2.30. The van der Waals surface area contributed by atoms with E-state index in [1.807, 2.05) is 0 Å². The summed E-state index contributed by atoms with van der Waals surface area (Å²) in [7, 11) is 0. The van der Waals surface area contributed by atoms with E-state index < -0.39 is 0 Å². The lowest BCUT2D eigenvalue weighted by atomic mass is 10.1. The molecular formula is C16H23NO. The average Bonchev–Trinajstić information content (AvgIpc) is 2.42. The zero-order chi connectivity index (χ0) is 12.6. The van der Waals surface area contributed by atoms with E-state index in [0.29, 0.717) is 6.10 Å². The first-order valence-electron chi connectivity index (χ1n) is 6.94. The highest BCUT2D eigenvalue weighted by molar-refractivity contribution is 5.48. The third-order valence-corrected chi connectivity index (χ3v) is 3.41. The summed E-state index contributed by atoms with van der Waals surface area (Å²) in [5.74, 6) is 0. The van der Waals surface area contributed by atoms with Crippen LogP contribution in [0.5, 0.6) is 0 Å². The molecule has 1 aliphatic heterocycles. The fourth-order valence-electron chi connectivity index (χ4n) is 2.40. The van der Waals surface area contributed by atoms with Gasteiger partial charge in [-0.1, -0.05) is 42.5 Å². The summed E-state index contributed by atoms with van der Waals surface area (Å²) >= 11 is 0. The van der Waals surface area contributed by atoms with E-state index in [1.165, 1.54) is 18.4 Å². The van der Waals surface area contributed by atoms with Gasteiger partial charge in [-0.25, -0.2) is 0 Å². The lowest BCUT2D eigenvalue weighted by molar-refractivity contribution is 0.0168. The molecule has 1 saturated heterocycles. The van der Waals surface area contributed by atoms with Crippen LogP contribution >= 0.6 is 0 Å². The summed E-state index contributed by atoms with van der Waals surface area (Å²) in [6.45, 7) is 6.29. The van der Waals surface area contributed by atoms with Gasteiger partial charge in [0.1, 0.15) is 0 Å². The van der Waals surface area contributed by atoms with Gasteiger partial charge in [0, 0.05) is 26.2 Å². The van der Waals surface area contributed by atoms with Crippen LogP contribution in [0.15, 0.2) is 36.4 Å². The predicted octanol–water partition coefficient (Wildman–Crippen LogP) is 3.20. The first kappa shape index (κ1) is 13.3. The Morgan fingerprint density at radius 2 is 1.94 bits per heavy atom. The van der Waals surface area contributed by atoms with Crippen molar-refractivity contribution in [2.75, 3.05) is 26.2 Å². The molecule has 0 spiro atoms. The highest BCUT2D eigenvalue weighted by Gasteiger charge is 2.17. The molecule has 0 radical (unpaired) electrons. The second-order valence-electron chi connectivity index (χ2n) is 4.77. The maximum absolute atomic E-state index is 5.66. The van der Waals surface area contributed by atoms with Gasteiger partial charge in [-0.3, -0.25) is 4.90 Å². The van der Waals surface area contributed by atoms with Crippen molar-refractivity contribution in [3.63, 3.8) is 0 Å². The van der Waals surface area contributed by atoms with E-state index in [9.17, 15) is 0 Å². The van der Waals surface area contributed by atoms with E-state index in [0.717, 1.165) is 26.2 Å². The minimum Gasteiger partial charge on any atom is -0.378 e. The van der Waals surface area contributed by atoms with Crippen LogP contribution in [0.3, 0.4) is 0 Å². The van der Waals surface area contributed by atoms with Crippen molar-refractivity contribution in [2.45, 2.75) is 25.9 Å². The second kappa shape index (κ2) is 7.34. The van der Waals surface area contributed by atoms with Gasteiger partial charge in [-0.05, 0) is 25.3 Å². The third-order valence-electron chi connectivity index (χ3n) is 3.41. The molecule has 2 nitrogen and oxygen atoms in total. The lowest BCUT2D eigenvalue weighted by Crippen LogP contribution is -2.37. The summed E-state index contributed by atoms with van der Waals surface area (Å²) in [6, 6.07) is 10.5. The molecule has 18 heavy (non-hydrogen) atoms. The normalized spacial score (nSPS) is 18.5. The maximum atomic E-state index is 5.66. The molecule has 1 aromatic rings. The van der Waals surface area contributed by atoms with Crippen molar-refractivity contribution in [3.8, 4) is 0 Å². The summed E-state index contributed by atoms with van der Waals surface area (Å²) < 4.78 is 5.66. The van der Waals surface area contributed by atoms with Crippen molar-refractivity contribution >= 4 is 6.08 Å². The molecule has 1 heterocycles. The van der Waals surface area contributed by atoms with Gasteiger partial charge in [0.2, 0.25) is 0 Å². The molecule has 1 aromatic carbocycles. The number of likely N-dealkylation sites (tertiary alicyclic amines) is 1. The monoisotopic (exact) mass is 245 g/mol. The number of hydrogen-bond donors (Lipinski definition) is 0. The molecule has 0 saturated carbocycles. The largest absolute Gasteiger partial charge is 0.378 e. The van der Waals surface area contributed by atoms with E-state index in [4.69, 9.17) is 4.74 Å². The zero-order valence-electron chi connectivity index (χ0n) is 11.2. The quantitative estimate of drug-likeness (QED) is 0.790. The summed E-state index contributed by atoms with van der Waals surface area (Å²) in [6.07, 6.45) is 7.30. The molecule has 0 aliphatic carbocycles.